The Morgan fingerprint density at radius 2 is 2.04 bits per heavy atom. The van der Waals surface area contributed by atoms with Gasteiger partial charge in [0, 0.05) is 33.1 Å². The number of hydrogen-bond acceptors (Lipinski definition) is 3. The van der Waals surface area contributed by atoms with Crippen LogP contribution in [0.3, 0.4) is 0 Å². The first kappa shape index (κ1) is 20.0. The van der Waals surface area contributed by atoms with Gasteiger partial charge in [-0.3, -0.25) is 4.79 Å². The summed E-state index contributed by atoms with van der Waals surface area (Å²) in [5.41, 5.74) is 0. The fourth-order valence-corrected chi connectivity index (χ4v) is 2.81. The molecule has 144 valence electrons. The fraction of sp³-hybridized carbons (Fsp3) is 0.579. The molecule has 1 heterocycles. The molecule has 0 saturated carbocycles. The third-order valence-electron chi connectivity index (χ3n) is 4.41. The highest BCUT2D eigenvalue weighted by Crippen LogP contribution is 2.11. The van der Waals surface area contributed by atoms with Gasteiger partial charge in [-0.1, -0.05) is 6.42 Å². The zero-order valence-corrected chi connectivity index (χ0v) is 15.4. The van der Waals surface area contributed by atoms with E-state index in [-0.39, 0.29) is 17.8 Å². The summed E-state index contributed by atoms with van der Waals surface area (Å²) in [7, 11) is 1.70. The van der Waals surface area contributed by atoms with Crippen LogP contribution in [0.5, 0.6) is 5.75 Å². The van der Waals surface area contributed by atoms with Crippen LogP contribution in [0, 0.1) is 5.82 Å². The molecule has 0 bridgehead atoms. The van der Waals surface area contributed by atoms with Crippen molar-refractivity contribution in [2.75, 3.05) is 39.8 Å². The Labute approximate surface area is 154 Å². The van der Waals surface area contributed by atoms with E-state index in [4.69, 9.17) is 4.74 Å². The predicted octanol–water partition coefficient (Wildman–Crippen LogP) is 2.64. The molecule has 26 heavy (non-hydrogen) atoms. The Hall–Kier alpha value is -2.31. The molecule has 1 aromatic carbocycles. The summed E-state index contributed by atoms with van der Waals surface area (Å²) >= 11 is 0. The molecular weight excluding hydrogens is 337 g/mol. The van der Waals surface area contributed by atoms with Crippen molar-refractivity contribution < 1.29 is 18.7 Å². The lowest BCUT2D eigenvalue weighted by atomic mass is 10.2. The second-order valence-electron chi connectivity index (χ2n) is 6.50. The number of carbonyl (C=O) groups is 2. The zero-order chi connectivity index (χ0) is 18.8. The number of hydrogen-bond donors (Lipinski definition) is 1. The maximum atomic E-state index is 12.8. The van der Waals surface area contributed by atoms with E-state index in [9.17, 15) is 14.0 Å². The highest BCUT2D eigenvalue weighted by atomic mass is 19.1. The Balaban J connectivity index is 1.58. The third-order valence-corrected chi connectivity index (χ3v) is 4.41. The Morgan fingerprint density at radius 3 is 2.81 bits per heavy atom. The summed E-state index contributed by atoms with van der Waals surface area (Å²) < 4.78 is 18.3. The molecular formula is C19H28FN3O3. The number of nitrogens with zero attached hydrogens (tertiary/aromatic N) is 2. The van der Waals surface area contributed by atoms with Crippen LogP contribution in [0.15, 0.2) is 24.3 Å². The molecule has 0 unspecified atom stereocenters. The van der Waals surface area contributed by atoms with Gasteiger partial charge in [0.05, 0.1) is 6.54 Å². The van der Waals surface area contributed by atoms with Crippen LogP contribution in [-0.2, 0) is 4.79 Å². The van der Waals surface area contributed by atoms with Gasteiger partial charge in [-0.25, -0.2) is 9.18 Å². The molecule has 1 aromatic rings. The van der Waals surface area contributed by atoms with Crippen molar-refractivity contribution in [3.05, 3.63) is 30.1 Å². The van der Waals surface area contributed by atoms with Crippen LogP contribution in [0.25, 0.3) is 0 Å². The van der Waals surface area contributed by atoms with E-state index in [1.807, 2.05) is 4.90 Å². The second-order valence-corrected chi connectivity index (χ2v) is 6.50. The van der Waals surface area contributed by atoms with E-state index in [0.29, 0.717) is 38.4 Å². The molecule has 0 radical (unpaired) electrons. The Bertz CT molecular complexity index is 580. The number of rotatable bonds is 8. The first-order chi connectivity index (χ1) is 12.6. The monoisotopic (exact) mass is 365 g/mol. The average molecular weight is 365 g/mol. The van der Waals surface area contributed by atoms with E-state index >= 15 is 0 Å². The van der Waals surface area contributed by atoms with Crippen molar-refractivity contribution in [1.82, 2.24) is 15.1 Å². The molecule has 2 rings (SSSR count). The van der Waals surface area contributed by atoms with Gasteiger partial charge in [0.2, 0.25) is 5.91 Å². The number of amides is 3. The van der Waals surface area contributed by atoms with Crippen molar-refractivity contribution in [3.63, 3.8) is 0 Å². The SMILES string of the molecule is CN(CCOc1ccc(F)cc1)C(=O)NCCCN1CCCCCC1=O. The van der Waals surface area contributed by atoms with Gasteiger partial charge in [-0.15, -0.1) is 0 Å². The summed E-state index contributed by atoms with van der Waals surface area (Å²) in [4.78, 5) is 27.4. The molecule has 1 aliphatic heterocycles. The quantitative estimate of drug-likeness (QED) is 0.721. The number of benzene rings is 1. The van der Waals surface area contributed by atoms with Crippen molar-refractivity contribution in [2.45, 2.75) is 32.1 Å². The van der Waals surface area contributed by atoms with Crippen LogP contribution in [0.4, 0.5) is 9.18 Å². The standard InChI is InChI=1S/C19H28FN3O3/c1-22(14-15-26-17-9-7-16(20)8-10-17)19(25)21-11-5-13-23-12-4-2-3-6-18(23)24/h7-10H,2-6,11-15H2,1H3,(H,21,25). The largest absolute Gasteiger partial charge is 0.492 e. The number of urea groups is 1. The molecule has 3 amide bonds. The van der Waals surface area contributed by atoms with Crippen molar-refractivity contribution in [3.8, 4) is 5.75 Å². The minimum absolute atomic E-state index is 0.171. The molecule has 1 aliphatic rings. The third kappa shape index (κ3) is 6.90. The van der Waals surface area contributed by atoms with Gasteiger partial charge in [-0.05, 0) is 43.5 Å². The number of ether oxygens (including phenoxy) is 1. The molecule has 0 atom stereocenters. The molecule has 7 heteroatoms. The lowest BCUT2D eigenvalue weighted by Gasteiger charge is -2.21. The summed E-state index contributed by atoms with van der Waals surface area (Å²) in [5, 5.41) is 2.85. The van der Waals surface area contributed by atoms with E-state index < -0.39 is 0 Å². The first-order valence-corrected chi connectivity index (χ1v) is 9.21. The van der Waals surface area contributed by atoms with E-state index in [1.165, 1.54) is 12.1 Å². The van der Waals surface area contributed by atoms with Crippen molar-refractivity contribution in [1.29, 1.82) is 0 Å². The van der Waals surface area contributed by atoms with Gasteiger partial charge < -0.3 is 19.9 Å². The number of carbonyl (C=O) groups excluding carboxylic acids is 2. The lowest BCUT2D eigenvalue weighted by molar-refractivity contribution is -0.130. The van der Waals surface area contributed by atoms with Crippen LogP contribution in [0.2, 0.25) is 0 Å². The highest BCUT2D eigenvalue weighted by Gasteiger charge is 2.16. The van der Waals surface area contributed by atoms with Crippen LogP contribution < -0.4 is 10.1 Å². The second kappa shape index (κ2) is 10.6. The van der Waals surface area contributed by atoms with E-state index in [0.717, 1.165) is 32.2 Å². The topological polar surface area (TPSA) is 61.9 Å². The van der Waals surface area contributed by atoms with Crippen molar-refractivity contribution in [2.24, 2.45) is 0 Å². The van der Waals surface area contributed by atoms with Gasteiger partial charge in [0.1, 0.15) is 18.2 Å². The van der Waals surface area contributed by atoms with E-state index in [2.05, 4.69) is 5.32 Å². The fourth-order valence-electron chi connectivity index (χ4n) is 2.81. The Kier molecular flexibility index (Phi) is 8.18. The molecule has 0 aliphatic carbocycles. The summed E-state index contributed by atoms with van der Waals surface area (Å²) in [6.45, 7) is 2.81. The summed E-state index contributed by atoms with van der Waals surface area (Å²) in [5.74, 6) is 0.488. The van der Waals surface area contributed by atoms with Gasteiger partial charge >= 0.3 is 6.03 Å². The minimum Gasteiger partial charge on any atom is -0.492 e. The first-order valence-electron chi connectivity index (χ1n) is 9.21. The van der Waals surface area contributed by atoms with E-state index in [1.54, 1.807) is 24.1 Å². The normalized spacial score (nSPS) is 14.7. The van der Waals surface area contributed by atoms with Crippen LogP contribution in [0.1, 0.15) is 32.1 Å². The predicted molar refractivity (Wildman–Crippen MR) is 97.6 cm³/mol. The molecule has 1 saturated heterocycles. The van der Waals surface area contributed by atoms with Crippen LogP contribution in [-0.4, -0.2) is 61.6 Å². The number of nitrogens with one attached hydrogen (secondary N) is 1. The summed E-state index contributed by atoms with van der Waals surface area (Å²) in [6.07, 6.45) is 4.55. The lowest BCUT2D eigenvalue weighted by Crippen LogP contribution is -2.40. The number of likely N-dealkylation sites (tertiary alicyclic amines) is 1. The zero-order valence-electron chi connectivity index (χ0n) is 15.4. The maximum Gasteiger partial charge on any atom is 0.317 e. The van der Waals surface area contributed by atoms with Gasteiger partial charge in [-0.2, -0.15) is 0 Å². The van der Waals surface area contributed by atoms with Gasteiger partial charge in [0.15, 0.2) is 0 Å². The molecule has 0 spiro atoms. The van der Waals surface area contributed by atoms with Crippen LogP contribution >= 0.6 is 0 Å². The number of halogens is 1. The Morgan fingerprint density at radius 1 is 1.27 bits per heavy atom. The summed E-state index contributed by atoms with van der Waals surface area (Å²) in [6, 6.07) is 5.61. The molecule has 1 fully saturated rings. The maximum absolute atomic E-state index is 12.8. The average Bonchev–Trinajstić information content (AvgIpc) is 2.84. The smallest absolute Gasteiger partial charge is 0.317 e. The minimum atomic E-state index is -0.310. The molecule has 6 nitrogen and oxygen atoms in total. The van der Waals surface area contributed by atoms with Crippen molar-refractivity contribution >= 4 is 11.9 Å². The highest BCUT2D eigenvalue weighted by molar-refractivity contribution is 5.76. The molecule has 1 N–H and O–H groups in total. The molecule has 0 aromatic heterocycles. The number of likely N-dealkylation sites (N-methyl/N-ethyl adjacent to an activating group) is 1. The van der Waals surface area contributed by atoms with Gasteiger partial charge in [0.25, 0.3) is 0 Å².